The predicted molar refractivity (Wildman–Crippen MR) is 90.4 cm³/mol. The molecular weight excluding hydrogens is 270 g/mol. The molecule has 116 valence electrons. The van der Waals surface area contributed by atoms with Crippen molar-refractivity contribution in [3.63, 3.8) is 0 Å². The van der Waals surface area contributed by atoms with Crippen molar-refractivity contribution in [1.82, 2.24) is 10.2 Å². The van der Waals surface area contributed by atoms with E-state index in [1.807, 2.05) is 6.07 Å². The van der Waals surface area contributed by atoms with Gasteiger partial charge < -0.3 is 5.32 Å². The number of fused-ring (bicyclic) bond motifs is 1. The fourth-order valence-corrected chi connectivity index (χ4v) is 4.29. The summed E-state index contributed by atoms with van der Waals surface area (Å²) < 4.78 is 0. The first-order valence-corrected chi connectivity index (χ1v) is 8.78. The number of hydrogen-bond acceptors (Lipinski definition) is 2. The summed E-state index contributed by atoms with van der Waals surface area (Å²) in [4.78, 5) is 0. The van der Waals surface area contributed by atoms with Crippen molar-refractivity contribution in [2.45, 2.75) is 51.4 Å². The average Bonchev–Trinajstić information content (AvgIpc) is 2.99. The fraction of sp³-hybridized carbons (Fsp3) is 0.526. The first kappa shape index (κ1) is 13.9. The number of aromatic amines is 1. The number of H-pyrrole nitrogens is 1. The molecule has 2 aliphatic rings. The smallest absolute Gasteiger partial charge is 0.155 e. The van der Waals surface area contributed by atoms with Gasteiger partial charge in [-0.2, -0.15) is 5.10 Å². The van der Waals surface area contributed by atoms with Crippen LogP contribution in [-0.4, -0.2) is 10.2 Å². The number of para-hydroxylation sites is 1. The molecule has 4 rings (SSSR count). The Morgan fingerprint density at radius 3 is 2.59 bits per heavy atom. The van der Waals surface area contributed by atoms with Crippen molar-refractivity contribution < 1.29 is 0 Å². The molecule has 0 saturated heterocycles. The Bertz CT molecular complexity index is 611. The minimum Gasteiger partial charge on any atom is -0.339 e. The summed E-state index contributed by atoms with van der Waals surface area (Å²) >= 11 is 0. The van der Waals surface area contributed by atoms with Gasteiger partial charge in [-0.25, -0.2) is 0 Å². The molecule has 1 aromatic carbocycles. The lowest BCUT2D eigenvalue weighted by Crippen LogP contribution is -2.24. The second kappa shape index (κ2) is 6.15. The molecule has 0 spiro atoms. The van der Waals surface area contributed by atoms with Gasteiger partial charge in [-0.15, -0.1) is 0 Å². The van der Waals surface area contributed by atoms with Gasteiger partial charge in [0.05, 0.1) is 0 Å². The van der Waals surface area contributed by atoms with E-state index in [0.717, 1.165) is 23.3 Å². The summed E-state index contributed by atoms with van der Waals surface area (Å²) in [6.07, 6.45) is 10.9. The molecule has 0 bridgehead atoms. The number of aryl methyl sites for hydroxylation is 1. The molecule has 1 fully saturated rings. The lowest BCUT2D eigenvalue weighted by molar-refractivity contribution is 0.227. The van der Waals surface area contributed by atoms with E-state index in [4.69, 9.17) is 0 Å². The molecule has 3 heteroatoms. The van der Waals surface area contributed by atoms with Crippen molar-refractivity contribution >= 4 is 11.5 Å². The van der Waals surface area contributed by atoms with Crippen LogP contribution in [0.3, 0.4) is 0 Å². The summed E-state index contributed by atoms with van der Waals surface area (Å²) in [5.74, 6) is 2.85. The molecule has 1 heterocycles. The van der Waals surface area contributed by atoms with Crippen LogP contribution in [0.15, 0.2) is 30.3 Å². The first-order valence-electron chi connectivity index (χ1n) is 8.78. The quantitative estimate of drug-likeness (QED) is 0.850. The Morgan fingerprint density at radius 2 is 1.77 bits per heavy atom. The summed E-state index contributed by atoms with van der Waals surface area (Å²) in [7, 11) is 0. The van der Waals surface area contributed by atoms with Crippen molar-refractivity contribution in [3.05, 3.63) is 41.6 Å². The highest BCUT2D eigenvalue weighted by Gasteiger charge is 2.30. The van der Waals surface area contributed by atoms with Gasteiger partial charge in [-0.3, -0.25) is 5.10 Å². The highest BCUT2D eigenvalue weighted by Crippen LogP contribution is 2.39. The van der Waals surface area contributed by atoms with Crippen molar-refractivity contribution in [2.24, 2.45) is 11.8 Å². The Labute approximate surface area is 132 Å². The molecule has 1 aromatic heterocycles. The van der Waals surface area contributed by atoms with Gasteiger partial charge in [0, 0.05) is 16.9 Å². The number of nitrogens with zero attached hydrogens (tertiary/aromatic N) is 1. The molecule has 1 unspecified atom stereocenters. The standard InChI is InChI=1S/C19H25N3/c1-3-7-14(8-4-1)15-11-12-18-17(13-15)19(22-21-18)20-16-9-5-2-6-10-16/h2,5-6,9-10,14-15H,1,3-4,7-8,11-13H2,(H2,20,21,22). The molecule has 2 aromatic rings. The Balaban J connectivity index is 1.52. The van der Waals surface area contributed by atoms with Crippen LogP contribution in [0, 0.1) is 11.8 Å². The third-order valence-corrected chi connectivity index (χ3v) is 5.54. The highest BCUT2D eigenvalue weighted by atomic mass is 15.2. The second-order valence-electron chi connectivity index (χ2n) is 6.92. The predicted octanol–water partition coefficient (Wildman–Crippen LogP) is 4.84. The number of benzene rings is 1. The molecule has 0 aliphatic heterocycles. The largest absolute Gasteiger partial charge is 0.339 e. The van der Waals surface area contributed by atoms with Crippen molar-refractivity contribution in [3.8, 4) is 0 Å². The SMILES string of the molecule is c1ccc(Nc2n[nH]c3c2CC(C2CCCCC2)CC3)cc1. The molecule has 3 nitrogen and oxygen atoms in total. The van der Waals surface area contributed by atoms with E-state index in [1.165, 1.54) is 62.6 Å². The Kier molecular flexibility index (Phi) is 3.88. The number of rotatable bonds is 3. The van der Waals surface area contributed by atoms with E-state index in [1.54, 1.807) is 0 Å². The van der Waals surface area contributed by atoms with E-state index >= 15 is 0 Å². The van der Waals surface area contributed by atoms with Crippen molar-refractivity contribution in [1.29, 1.82) is 0 Å². The topological polar surface area (TPSA) is 40.7 Å². The monoisotopic (exact) mass is 295 g/mol. The van der Waals surface area contributed by atoms with Gasteiger partial charge in [0.2, 0.25) is 0 Å². The number of nitrogens with one attached hydrogen (secondary N) is 2. The minimum atomic E-state index is 0.863. The summed E-state index contributed by atoms with van der Waals surface area (Å²) in [6.45, 7) is 0. The lowest BCUT2D eigenvalue weighted by Gasteiger charge is -2.33. The number of anilines is 2. The third-order valence-electron chi connectivity index (χ3n) is 5.54. The molecule has 1 atom stereocenters. The molecule has 0 amide bonds. The van der Waals surface area contributed by atoms with E-state index in [0.29, 0.717) is 0 Å². The van der Waals surface area contributed by atoms with Crippen molar-refractivity contribution in [2.75, 3.05) is 5.32 Å². The van der Waals surface area contributed by atoms with Crippen LogP contribution in [-0.2, 0) is 12.8 Å². The van der Waals surface area contributed by atoms with Crippen LogP contribution in [0.2, 0.25) is 0 Å². The highest BCUT2D eigenvalue weighted by molar-refractivity contribution is 5.60. The van der Waals surface area contributed by atoms with Gasteiger partial charge >= 0.3 is 0 Å². The van der Waals surface area contributed by atoms with Crippen LogP contribution in [0.4, 0.5) is 11.5 Å². The van der Waals surface area contributed by atoms with E-state index in [2.05, 4.69) is 39.8 Å². The van der Waals surface area contributed by atoms with E-state index in [-0.39, 0.29) is 0 Å². The van der Waals surface area contributed by atoms with Gasteiger partial charge in [0.1, 0.15) is 0 Å². The maximum absolute atomic E-state index is 4.54. The molecule has 0 radical (unpaired) electrons. The third kappa shape index (κ3) is 2.77. The summed E-state index contributed by atoms with van der Waals surface area (Å²) in [5, 5.41) is 11.3. The van der Waals surface area contributed by atoms with Gasteiger partial charge in [0.25, 0.3) is 0 Å². The van der Waals surface area contributed by atoms with Gasteiger partial charge in [-0.05, 0) is 43.2 Å². The van der Waals surface area contributed by atoms with Gasteiger partial charge in [0.15, 0.2) is 5.82 Å². The van der Waals surface area contributed by atoms with Crippen LogP contribution in [0.1, 0.15) is 49.8 Å². The molecule has 2 N–H and O–H groups in total. The Hall–Kier alpha value is -1.77. The number of aromatic nitrogens is 2. The molecule has 22 heavy (non-hydrogen) atoms. The normalized spacial score (nSPS) is 22.3. The molecular formula is C19H25N3. The van der Waals surface area contributed by atoms with Crippen LogP contribution in [0.5, 0.6) is 0 Å². The fourth-order valence-electron chi connectivity index (χ4n) is 4.29. The zero-order valence-corrected chi connectivity index (χ0v) is 13.1. The molecule has 2 aliphatic carbocycles. The lowest BCUT2D eigenvalue weighted by atomic mass is 9.73. The maximum Gasteiger partial charge on any atom is 0.155 e. The summed E-state index contributed by atoms with van der Waals surface area (Å²) in [5.41, 5.74) is 3.91. The van der Waals surface area contributed by atoms with Crippen LogP contribution >= 0.6 is 0 Å². The zero-order chi connectivity index (χ0) is 14.8. The van der Waals surface area contributed by atoms with Crippen LogP contribution < -0.4 is 5.32 Å². The molecule has 1 saturated carbocycles. The van der Waals surface area contributed by atoms with Crippen LogP contribution in [0.25, 0.3) is 0 Å². The van der Waals surface area contributed by atoms with E-state index < -0.39 is 0 Å². The zero-order valence-electron chi connectivity index (χ0n) is 13.1. The first-order chi connectivity index (χ1) is 10.9. The summed E-state index contributed by atoms with van der Waals surface area (Å²) in [6, 6.07) is 10.4. The van der Waals surface area contributed by atoms with Gasteiger partial charge in [-0.1, -0.05) is 50.3 Å². The number of hydrogen-bond donors (Lipinski definition) is 2. The van der Waals surface area contributed by atoms with E-state index in [9.17, 15) is 0 Å². The maximum atomic E-state index is 4.54. The Morgan fingerprint density at radius 1 is 0.955 bits per heavy atom. The average molecular weight is 295 g/mol. The second-order valence-corrected chi connectivity index (χ2v) is 6.92. The minimum absolute atomic E-state index is 0.863.